The Balaban J connectivity index is 0.00000240. The molecule has 4 rings (SSSR count). The summed E-state index contributed by atoms with van der Waals surface area (Å²) in [6, 6.07) is 15.1. The van der Waals surface area contributed by atoms with Crippen molar-refractivity contribution in [1.29, 1.82) is 0 Å². The van der Waals surface area contributed by atoms with Gasteiger partial charge < -0.3 is 10.1 Å². The fraction of sp³-hybridized carbons (Fsp3) is 0.440. The van der Waals surface area contributed by atoms with Crippen molar-refractivity contribution < 1.29 is 4.74 Å². The molecular weight excluding hydrogens is 380 g/mol. The van der Waals surface area contributed by atoms with Crippen molar-refractivity contribution in [3.8, 4) is 5.75 Å². The van der Waals surface area contributed by atoms with Gasteiger partial charge >= 0.3 is 0 Å². The monoisotopic (exact) mass is 412 g/mol. The van der Waals surface area contributed by atoms with E-state index in [4.69, 9.17) is 4.74 Å². The maximum absolute atomic E-state index is 6.73. The van der Waals surface area contributed by atoms with Gasteiger partial charge in [-0.2, -0.15) is 0 Å². The molecule has 2 aromatic carbocycles. The third-order valence-corrected chi connectivity index (χ3v) is 5.71. The lowest BCUT2D eigenvalue weighted by Gasteiger charge is -2.49. The number of fused-ring (bicyclic) bond motifs is 1. The molecule has 2 N–H and O–H groups in total. The van der Waals surface area contributed by atoms with Crippen LogP contribution in [0.2, 0.25) is 0 Å². The summed E-state index contributed by atoms with van der Waals surface area (Å²) in [5.74, 6) is 0.929. The molecule has 0 bridgehead atoms. The van der Waals surface area contributed by atoms with E-state index in [1.54, 1.807) is 0 Å². The van der Waals surface area contributed by atoms with Crippen molar-refractivity contribution in [2.24, 2.45) is 0 Å². The van der Waals surface area contributed by atoms with E-state index in [1.165, 1.54) is 5.39 Å². The molecule has 4 heteroatoms. The molecule has 3 nitrogen and oxygen atoms in total. The van der Waals surface area contributed by atoms with Gasteiger partial charge in [-0.1, -0.05) is 54.6 Å². The van der Waals surface area contributed by atoms with Gasteiger partial charge in [-0.25, -0.2) is 0 Å². The predicted octanol–water partition coefficient (Wildman–Crippen LogP) is 5.75. The Morgan fingerprint density at radius 3 is 2.31 bits per heavy atom. The zero-order chi connectivity index (χ0) is 19.8. The van der Waals surface area contributed by atoms with Crippen LogP contribution in [0.3, 0.4) is 0 Å². The van der Waals surface area contributed by atoms with Crippen LogP contribution in [0.4, 0.5) is 0 Å². The molecule has 1 heterocycles. The van der Waals surface area contributed by atoms with Crippen molar-refractivity contribution in [2.75, 3.05) is 0 Å². The summed E-state index contributed by atoms with van der Waals surface area (Å²) in [4.78, 5) is 0. The molecular formula is C25H33ClN2O. The molecule has 2 aliphatic rings. The number of halogens is 1. The third-order valence-electron chi connectivity index (χ3n) is 5.71. The molecule has 1 unspecified atom stereocenters. The first kappa shape index (κ1) is 21.9. The highest BCUT2D eigenvalue weighted by Gasteiger charge is 2.41. The van der Waals surface area contributed by atoms with Gasteiger partial charge in [0, 0.05) is 28.9 Å². The molecule has 156 valence electrons. The zero-order valence-electron chi connectivity index (χ0n) is 17.9. The number of benzene rings is 2. The van der Waals surface area contributed by atoms with Gasteiger partial charge in [0.15, 0.2) is 5.72 Å². The predicted molar refractivity (Wildman–Crippen MR) is 125 cm³/mol. The second-order valence-corrected chi connectivity index (χ2v) is 9.60. The lowest BCUT2D eigenvalue weighted by atomic mass is 9.79. The van der Waals surface area contributed by atoms with Gasteiger partial charge in [0.05, 0.1) is 0 Å². The van der Waals surface area contributed by atoms with E-state index in [2.05, 4.69) is 105 Å². The summed E-state index contributed by atoms with van der Waals surface area (Å²) in [7, 11) is 0. The minimum Gasteiger partial charge on any atom is -0.468 e. The van der Waals surface area contributed by atoms with Crippen LogP contribution in [-0.4, -0.2) is 22.8 Å². The van der Waals surface area contributed by atoms with E-state index in [1.807, 2.05) is 0 Å². The van der Waals surface area contributed by atoms with E-state index >= 15 is 0 Å². The lowest BCUT2D eigenvalue weighted by Crippen LogP contribution is -2.65. The van der Waals surface area contributed by atoms with E-state index in [9.17, 15) is 0 Å². The molecule has 2 aromatic rings. The fourth-order valence-electron chi connectivity index (χ4n) is 5.06. The number of nitrogens with one attached hydrogen (secondary N) is 2. The molecule has 1 aliphatic heterocycles. The van der Waals surface area contributed by atoms with Crippen molar-refractivity contribution >= 4 is 23.2 Å². The van der Waals surface area contributed by atoms with Crippen LogP contribution >= 0.6 is 12.4 Å². The second-order valence-electron chi connectivity index (χ2n) is 9.60. The first-order chi connectivity index (χ1) is 13.3. The summed E-state index contributed by atoms with van der Waals surface area (Å²) >= 11 is 0. The topological polar surface area (TPSA) is 33.3 Å². The van der Waals surface area contributed by atoms with Gasteiger partial charge in [0.25, 0.3) is 0 Å². The molecule has 0 spiro atoms. The van der Waals surface area contributed by atoms with Gasteiger partial charge in [-0.3, -0.25) is 5.32 Å². The van der Waals surface area contributed by atoms with Crippen molar-refractivity contribution in [3.05, 3.63) is 66.8 Å². The van der Waals surface area contributed by atoms with E-state index in [0.717, 1.165) is 30.4 Å². The minimum atomic E-state index is -0.521. The Hall–Kier alpha value is -1.81. The molecule has 1 saturated heterocycles. The normalized spacial score (nSPS) is 25.5. The third kappa shape index (κ3) is 5.03. The number of hydrogen-bond donors (Lipinski definition) is 2. The second kappa shape index (κ2) is 8.14. The zero-order valence-corrected chi connectivity index (χ0v) is 18.7. The smallest absolute Gasteiger partial charge is 0.184 e. The van der Waals surface area contributed by atoms with Gasteiger partial charge in [-0.15, -0.1) is 12.4 Å². The first-order valence-corrected chi connectivity index (χ1v) is 10.3. The number of hydrogen-bond acceptors (Lipinski definition) is 3. The molecule has 1 atom stereocenters. The molecule has 1 fully saturated rings. The van der Waals surface area contributed by atoms with Crippen LogP contribution in [0.1, 0.15) is 47.0 Å². The summed E-state index contributed by atoms with van der Waals surface area (Å²) in [5, 5.41) is 10.0. The average molecular weight is 413 g/mol. The number of piperidine rings is 1. The van der Waals surface area contributed by atoms with E-state index < -0.39 is 5.72 Å². The summed E-state index contributed by atoms with van der Waals surface area (Å²) in [6.45, 7) is 9.16. The number of rotatable bonds is 4. The molecule has 0 amide bonds. The SMILES string of the molecule is CC1(C)CC(NC2(Oc3cccc4ccccc34)C=CC=CC2)CC(C)(C)N1.Cl. The Bertz CT molecular complexity index is 897. The van der Waals surface area contributed by atoms with Crippen LogP contribution in [0, 0.1) is 0 Å². The van der Waals surface area contributed by atoms with Crippen LogP contribution in [0.15, 0.2) is 66.8 Å². The van der Waals surface area contributed by atoms with Crippen LogP contribution in [0.5, 0.6) is 5.75 Å². The summed E-state index contributed by atoms with van der Waals surface area (Å²) in [5.41, 5.74) is -0.338. The Labute approximate surface area is 181 Å². The maximum atomic E-state index is 6.73. The van der Waals surface area contributed by atoms with Crippen molar-refractivity contribution in [1.82, 2.24) is 10.6 Å². The van der Waals surface area contributed by atoms with Gasteiger partial charge in [-0.05, 0) is 58.1 Å². The molecule has 0 radical (unpaired) electrons. The van der Waals surface area contributed by atoms with Crippen molar-refractivity contribution in [2.45, 2.75) is 69.8 Å². The summed E-state index contributed by atoms with van der Waals surface area (Å²) < 4.78 is 6.73. The molecule has 1 aliphatic carbocycles. The Kier molecular flexibility index (Phi) is 6.14. The Morgan fingerprint density at radius 2 is 1.62 bits per heavy atom. The Morgan fingerprint density at radius 1 is 0.931 bits per heavy atom. The average Bonchev–Trinajstić information content (AvgIpc) is 2.60. The molecule has 0 saturated carbocycles. The lowest BCUT2D eigenvalue weighted by molar-refractivity contribution is 0.0421. The van der Waals surface area contributed by atoms with Crippen LogP contribution < -0.4 is 15.4 Å². The molecule has 0 aromatic heterocycles. The fourth-order valence-corrected chi connectivity index (χ4v) is 5.06. The number of ether oxygens (including phenoxy) is 1. The van der Waals surface area contributed by atoms with E-state index in [0.29, 0.717) is 6.04 Å². The van der Waals surface area contributed by atoms with Gasteiger partial charge in [0.2, 0.25) is 0 Å². The van der Waals surface area contributed by atoms with Crippen LogP contribution in [-0.2, 0) is 0 Å². The largest absolute Gasteiger partial charge is 0.468 e. The quantitative estimate of drug-likeness (QED) is 0.627. The van der Waals surface area contributed by atoms with Crippen molar-refractivity contribution in [3.63, 3.8) is 0 Å². The first-order valence-electron chi connectivity index (χ1n) is 10.3. The highest BCUT2D eigenvalue weighted by molar-refractivity contribution is 5.88. The standard InChI is InChI=1S/C25H32N2O.ClH/c1-23(2)17-20(18-24(3,4)27-23)26-25(15-8-5-9-16-25)28-22-14-10-12-19-11-6-7-13-21(19)22;/h5-15,20,26-27H,16-18H2,1-4H3;1H. The van der Waals surface area contributed by atoms with E-state index in [-0.39, 0.29) is 23.5 Å². The van der Waals surface area contributed by atoms with Crippen LogP contribution in [0.25, 0.3) is 10.8 Å². The highest BCUT2D eigenvalue weighted by atomic mass is 35.5. The maximum Gasteiger partial charge on any atom is 0.184 e. The summed E-state index contributed by atoms with van der Waals surface area (Å²) in [6.07, 6.45) is 11.5. The molecule has 29 heavy (non-hydrogen) atoms. The van der Waals surface area contributed by atoms with Gasteiger partial charge in [0.1, 0.15) is 5.75 Å². The minimum absolute atomic E-state index is 0. The highest BCUT2D eigenvalue weighted by Crippen LogP contribution is 2.34. The number of allylic oxidation sites excluding steroid dienone is 2.